The molecule has 8 heteroatoms. The molecule has 1 aromatic carbocycles. The van der Waals surface area contributed by atoms with Crippen LogP contribution in [0.4, 0.5) is 0 Å². The van der Waals surface area contributed by atoms with E-state index in [4.69, 9.17) is 5.73 Å². The van der Waals surface area contributed by atoms with E-state index in [-0.39, 0.29) is 29.3 Å². The highest BCUT2D eigenvalue weighted by molar-refractivity contribution is 7.89. The molecule has 23 heavy (non-hydrogen) atoms. The van der Waals surface area contributed by atoms with Crippen LogP contribution in [-0.2, 0) is 10.0 Å². The maximum Gasteiger partial charge on any atom is 0.254 e. The molecule has 0 saturated carbocycles. The van der Waals surface area contributed by atoms with Gasteiger partial charge in [0, 0.05) is 24.7 Å². The molecular formula is C15H24ClN3O3S. The maximum absolute atomic E-state index is 12.7. The number of nitrogens with two attached hydrogens (primary N) is 1. The van der Waals surface area contributed by atoms with Crippen LogP contribution in [0.15, 0.2) is 29.2 Å². The summed E-state index contributed by atoms with van der Waals surface area (Å²) < 4.78 is 26.0. The van der Waals surface area contributed by atoms with Crippen molar-refractivity contribution in [3.8, 4) is 0 Å². The minimum absolute atomic E-state index is 0. The van der Waals surface area contributed by atoms with E-state index >= 15 is 0 Å². The van der Waals surface area contributed by atoms with E-state index in [9.17, 15) is 13.2 Å². The summed E-state index contributed by atoms with van der Waals surface area (Å²) in [5.74, 6) is 0.393. The van der Waals surface area contributed by atoms with Crippen molar-refractivity contribution in [3.05, 3.63) is 29.8 Å². The number of piperidine rings is 1. The number of halogens is 1. The second-order valence-corrected chi connectivity index (χ2v) is 7.64. The van der Waals surface area contributed by atoms with Crippen molar-refractivity contribution in [2.75, 3.05) is 20.1 Å². The number of rotatable bonds is 4. The van der Waals surface area contributed by atoms with Crippen molar-refractivity contribution >= 4 is 28.3 Å². The van der Waals surface area contributed by atoms with Gasteiger partial charge >= 0.3 is 0 Å². The average molecular weight is 362 g/mol. The summed E-state index contributed by atoms with van der Waals surface area (Å²) in [7, 11) is -2.21. The van der Waals surface area contributed by atoms with Crippen LogP contribution in [-0.4, -0.2) is 45.4 Å². The molecule has 130 valence electrons. The predicted octanol–water partition coefficient (Wildman–Crippen LogP) is 1.22. The third-order valence-corrected chi connectivity index (χ3v) is 5.58. The molecule has 1 aromatic rings. The fourth-order valence-electron chi connectivity index (χ4n) is 2.82. The molecule has 0 radical (unpaired) electrons. The average Bonchev–Trinajstić information content (AvgIpc) is 2.54. The molecule has 0 aromatic heterocycles. The number of nitrogens with one attached hydrogen (secondary N) is 1. The summed E-state index contributed by atoms with van der Waals surface area (Å²) in [6.07, 6.45) is 1.83. The lowest BCUT2D eigenvalue weighted by Gasteiger charge is -2.38. The van der Waals surface area contributed by atoms with Crippen LogP contribution >= 0.6 is 12.4 Å². The van der Waals surface area contributed by atoms with Crippen LogP contribution in [0.1, 0.15) is 30.1 Å². The summed E-state index contributed by atoms with van der Waals surface area (Å²) in [5, 5.41) is 0. The van der Waals surface area contributed by atoms with Crippen molar-refractivity contribution in [2.24, 2.45) is 11.7 Å². The van der Waals surface area contributed by atoms with Crippen LogP contribution in [0.5, 0.6) is 0 Å². The van der Waals surface area contributed by atoms with Gasteiger partial charge in [-0.25, -0.2) is 13.1 Å². The normalized spacial score (nSPS) is 21.6. The SMILES string of the molecule is CNS(=O)(=O)c1cccc(C(=O)N2CCC(C)CC2CN)c1.Cl. The lowest BCUT2D eigenvalue weighted by Crippen LogP contribution is -2.49. The highest BCUT2D eigenvalue weighted by Gasteiger charge is 2.29. The molecule has 1 aliphatic rings. The van der Waals surface area contributed by atoms with Crippen LogP contribution < -0.4 is 10.5 Å². The first-order chi connectivity index (χ1) is 10.4. The topological polar surface area (TPSA) is 92.5 Å². The molecule has 6 nitrogen and oxygen atoms in total. The standard InChI is InChI=1S/C15H23N3O3S.ClH/c1-11-6-7-18(13(8-11)10-16)15(19)12-4-3-5-14(9-12)22(20,21)17-2;/h3-5,9,11,13,17H,6-8,10,16H2,1-2H3;1H. The Morgan fingerprint density at radius 2 is 2.13 bits per heavy atom. The van der Waals surface area contributed by atoms with Crippen LogP contribution in [0.25, 0.3) is 0 Å². The molecule has 1 heterocycles. The van der Waals surface area contributed by atoms with Gasteiger partial charge in [-0.2, -0.15) is 0 Å². The molecule has 0 bridgehead atoms. The van der Waals surface area contributed by atoms with Crippen LogP contribution in [0.2, 0.25) is 0 Å². The third-order valence-electron chi connectivity index (χ3n) is 4.17. The van der Waals surface area contributed by atoms with Crippen LogP contribution in [0, 0.1) is 5.92 Å². The lowest BCUT2D eigenvalue weighted by atomic mass is 9.92. The van der Waals surface area contributed by atoms with Gasteiger partial charge in [-0.15, -0.1) is 12.4 Å². The number of hydrogen-bond donors (Lipinski definition) is 2. The maximum atomic E-state index is 12.7. The van der Waals surface area contributed by atoms with E-state index in [2.05, 4.69) is 11.6 Å². The molecule has 1 aliphatic heterocycles. The van der Waals surface area contributed by atoms with Crippen molar-refractivity contribution in [1.29, 1.82) is 0 Å². The first-order valence-electron chi connectivity index (χ1n) is 7.43. The van der Waals surface area contributed by atoms with Gasteiger partial charge in [0.25, 0.3) is 5.91 Å². The number of carbonyl (C=O) groups is 1. The Labute approximate surface area is 143 Å². The van der Waals surface area contributed by atoms with Gasteiger partial charge in [-0.05, 0) is 44.0 Å². The number of amides is 1. The molecule has 3 N–H and O–H groups in total. The van der Waals surface area contributed by atoms with Gasteiger partial charge in [0.2, 0.25) is 10.0 Å². The summed E-state index contributed by atoms with van der Waals surface area (Å²) in [6.45, 7) is 3.24. The molecule has 2 rings (SSSR count). The zero-order chi connectivity index (χ0) is 16.3. The van der Waals surface area contributed by atoms with Crippen molar-refractivity contribution in [3.63, 3.8) is 0 Å². The van der Waals surface area contributed by atoms with Gasteiger partial charge in [-0.3, -0.25) is 4.79 Å². The molecule has 1 fully saturated rings. The smallest absolute Gasteiger partial charge is 0.254 e. The number of carbonyl (C=O) groups excluding carboxylic acids is 1. The van der Waals surface area contributed by atoms with Gasteiger partial charge < -0.3 is 10.6 Å². The monoisotopic (exact) mass is 361 g/mol. The molecule has 1 amide bonds. The largest absolute Gasteiger partial charge is 0.334 e. The molecule has 0 aliphatic carbocycles. The van der Waals surface area contributed by atoms with E-state index in [1.807, 2.05) is 0 Å². The first-order valence-corrected chi connectivity index (χ1v) is 8.92. The molecule has 2 unspecified atom stereocenters. The molecule has 0 spiro atoms. The summed E-state index contributed by atoms with van der Waals surface area (Å²) in [6, 6.07) is 6.13. The lowest BCUT2D eigenvalue weighted by molar-refractivity contribution is 0.0573. The second-order valence-electron chi connectivity index (χ2n) is 5.75. The number of benzene rings is 1. The number of sulfonamides is 1. The van der Waals surface area contributed by atoms with Crippen molar-refractivity contribution in [1.82, 2.24) is 9.62 Å². The van der Waals surface area contributed by atoms with E-state index in [0.717, 1.165) is 12.8 Å². The van der Waals surface area contributed by atoms with Gasteiger partial charge in [0.05, 0.1) is 4.90 Å². The fraction of sp³-hybridized carbons (Fsp3) is 0.533. The molecule has 1 saturated heterocycles. The number of hydrogen-bond acceptors (Lipinski definition) is 4. The third kappa shape index (κ3) is 4.44. The summed E-state index contributed by atoms with van der Waals surface area (Å²) >= 11 is 0. The van der Waals surface area contributed by atoms with E-state index in [1.54, 1.807) is 17.0 Å². The van der Waals surface area contributed by atoms with Crippen molar-refractivity contribution < 1.29 is 13.2 Å². The van der Waals surface area contributed by atoms with Crippen LogP contribution in [0.3, 0.4) is 0 Å². The molecule has 2 atom stereocenters. The Balaban J connectivity index is 0.00000264. The van der Waals surface area contributed by atoms with E-state index < -0.39 is 10.0 Å². The molecular weight excluding hydrogens is 338 g/mol. The Morgan fingerprint density at radius 1 is 1.43 bits per heavy atom. The summed E-state index contributed by atoms with van der Waals surface area (Å²) in [5.41, 5.74) is 6.17. The Morgan fingerprint density at radius 3 is 2.74 bits per heavy atom. The highest BCUT2D eigenvalue weighted by atomic mass is 35.5. The van der Waals surface area contributed by atoms with Gasteiger partial charge in [0.1, 0.15) is 0 Å². The fourth-order valence-corrected chi connectivity index (χ4v) is 3.60. The van der Waals surface area contributed by atoms with Crippen molar-refractivity contribution in [2.45, 2.75) is 30.7 Å². The highest BCUT2D eigenvalue weighted by Crippen LogP contribution is 2.24. The first kappa shape index (κ1) is 19.9. The minimum Gasteiger partial charge on any atom is -0.334 e. The zero-order valence-corrected chi connectivity index (χ0v) is 15.0. The number of likely N-dealkylation sites (tertiary alicyclic amines) is 1. The van der Waals surface area contributed by atoms with E-state index in [1.165, 1.54) is 19.2 Å². The number of nitrogens with zero attached hydrogens (tertiary/aromatic N) is 1. The minimum atomic E-state index is -3.56. The quantitative estimate of drug-likeness (QED) is 0.843. The second kappa shape index (κ2) is 8.10. The van der Waals surface area contributed by atoms with E-state index in [0.29, 0.717) is 24.6 Å². The Bertz CT molecular complexity index is 651. The van der Waals surface area contributed by atoms with Gasteiger partial charge in [-0.1, -0.05) is 13.0 Å². The summed E-state index contributed by atoms with van der Waals surface area (Å²) in [4.78, 5) is 14.6. The predicted molar refractivity (Wildman–Crippen MR) is 92.2 cm³/mol. The Hall–Kier alpha value is -1.15. The zero-order valence-electron chi connectivity index (χ0n) is 13.4. The Kier molecular flexibility index (Phi) is 7.01. The van der Waals surface area contributed by atoms with Gasteiger partial charge in [0.15, 0.2) is 0 Å².